The fraction of sp³-hybridized carbons (Fsp3) is 0.625. The summed E-state index contributed by atoms with van der Waals surface area (Å²) in [6, 6.07) is 8.36. The van der Waals surface area contributed by atoms with Crippen LogP contribution in [0.2, 0.25) is 0 Å². The molecule has 1 unspecified atom stereocenters. The molecule has 1 aliphatic carbocycles. The molecule has 100 valence electrons. The van der Waals surface area contributed by atoms with Gasteiger partial charge in [-0.1, -0.05) is 50.8 Å². The van der Waals surface area contributed by atoms with Crippen LogP contribution < -0.4 is 5.32 Å². The van der Waals surface area contributed by atoms with E-state index in [1.807, 2.05) is 6.07 Å². The van der Waals surface area contributed by atoms with Crippen molar-refractivity contribution in [2.75, 3.05) is 11.9 Å². The molecule has 1 aromatic rings. The predicted octanol–water partition coefficient (Wildman–Crippen LogP) is 3.60. The third-order valence-corrected chi connectivity index (χ3v) is 4.01. The van der Waals surface area contributed by atoms with Crippen molar-refractivity contribution in [1.82, 2.24) is 0 Å². The topological polar surface area (TPSA) is 32.3 Å². The molecule has 0 radical (unpaired) electrons. The van der Waals surface area contributed by atoms with Crippen LogP contribution in [0.4, 0.5) is 5.69 Å². The molecule has 0 aromatic heterocycles. The van der Waals surface area contributed by atoms with Gasteiger partial charge in [0.25, 0.3) is 0 Å². The van der Waals surface area contributed by atoms with Gasteiger partial charge in [0.15, 0.2) is 0 Å². The van der Waals surface area contributed by atoms with E-state index in [2.05, 4.69) is 30.4 Å². The maximum atomic E-state index is 10.1. The number of nitrogens with one attached hydrogen (secondary N) is 1. The molecule has 1 saturated carbocycles. The van der Waals surface area contributed by atoms with Crippen molar-refractivity contribution < 1.29 is 5.11 Å². The fourth-order valence-electron chi connectivity index (χ4n) is 2.94. The highest BCUT2D eigenvalue weighted by Gasteiger charge is 2.18. The number of benzene rings is 1. The van der Waals surface area contributed by atoms with Gasteiger partial charge in [0, 0.05) is 12.2 Å². The summed E-state index contributed by atoms with van der Waals surface area (Å²) in [5.41, 5.74) is 2.50. The first-order valence-electron chi connectivity index (χ1n) is 7.29. The van der Waals surface area contributed by atoms with Crippen molar-refractivity contribution in [3.8, 4) is 0 Å². The molecule has 1 atom stereocenters. The van der Waals surface area contributed by atoms with E-state index < -0.39 is 0 Å². The second kappa shape index (κ2) is 6.79. The second-order valence-electron chi connectivity index (χ2n) is 5.43. The van der Waals surface area contributed by atoms with Crippen LogP contribution in [0.5, 0.6) is 0 Å². The summed E-state index contributed by atoms with van der Waals surface area (Å²) in [4.78, 5) is 0. The summed E-state index contributed by atoms with van der Waals surface area (Å²) < 4.78 is 0. The predicted molar refractivity (Wildman–Crippen MR) is 76.9 cm³/mol. The number of aliphatic hydroxyl groups is 1. The molecule has 2 heteroatoms. The van der Waals surface area contributed by atoms with Crippen LogP contribution in [0.1, 0.15) is 44.6 Å². The Kier molecular flexibility index (Phi) is 5.06. The Morgan fingerprint density at radius 1 is 1.28 bits per heavy atom. The molecule has 0 spiro atoms. The largest absolute Gasteiger partial charge is 0.391 e. The first-order valence-corrected chi connectivity index (χ1v) is 7.29. The molecule has 0 heterocycles. The minimum absolute atomic E-state index is 0.210. The van der Waals surface area contributed by atoms with Gasteiger partial charge in [-0.25, -0.2) is 0 Å². The van der Waals surface area contributed by atoms with Gasteiger partial charge in [-0.05, 0) is 30.4 Å². The van der Waals surface area contributed by atoms with Gasteiger partial charge in [0.1, 0.15) is 0 Å². The Morgan fingerprint density at radius 3 is 2.72 bits per heavy atom. The van der Waals surface area contributed by atoms with Crippen molar-refractivity contribution in [3.05, 3.63) is 29.8 Å². The molecule has 0 saturated heterocycles. The van der Waals surface area contributed by atoms with Crippen LogP contribution in [0.3, 0.4) is 0 Å². The molecule has 1 fully saturated rings. The number of para-hydroxylation sites is 1. The maximum absolute atomic E-state index is 10.1. The van der Waals surface area contributed by atoms with Crippen LogP contribution in [-0.4, -0.2) is 17.8 Å². The lowest BCUT2D eigenvalue weighted by Crippen LogP contribution is -2.22. The summed E-state index contributed by atoms with van der Waals surface area (Å²) >= 11 is 0. The molecule has 0 aliphatic heterocycles. The van der Waals surface area contributed by atoms with E-state index in [4.69, 9.17) is 0 Å². The maximum Gasteiger partial charge on any atom is 0.0715 e. The zero-order chi connectivity index (χ0) is 12.8. The lowest BCUT2D eigenvalue weighted by Gasteiger charge is -2.17. The van der Waals surface area contributed by atoms with Gasteiger partial charge in [-0.2, -0.15) is 0 Å². The van der Waals surface area contributed by atoms with E-state index in [1.54, 1.807) is 0 Å². The van der Waals surface area contributed by atoms with E-state index in [0.29, 0.717) is 6.54 Å². The molecular formula is C16H25NO. The number of hydrogen-bond acceptors (Lipinski definition) is 2. The van der Waals surface area contributed by atoms with Crippen molar-refractivity contribution >= 4 is 5.69 Å². The number of anilines is 1. The quantitative estimate of drug-likeness (QED) is 0.805. The first-order chi connectivity index (χ1) is 8.79. The van der Waals surface area contributed by atoms with E-state index >= 15 is 0 Å². The van der Waals surface area contributed by atoms with Crippen molar-refractivity contribution in [3.63, 3.8) is 0 Å². The van der Waals surface area contributed by atoms with E-state index in [-0.39, 0.29) is 6.10 Å². The monoisotopic (exact) mass is 247 g/mol. The van der Waals surface area contributed by atoms with E-state index in [1.165, 1.54) is 36.9 Å². The Labute approximate surface area is 110 Å². The van der Waals surface area contributed by atoms with E-state index in [0.717, 1.165) is 18.8 Å². The highest BCUT2D eigenvalue weighted by Crippen LogP contribution is 2.28. The fourth-order valence-corrected chi connectivity index (χ4v) is 2.94. The van der Waals surface area contributed by atoms with Crippen molar-refractivity contribution in [2.45, 2.75) is 51.6 Å². The van der Waals surface area contributed by atoms with Crippen LogP contribution in [0.25, 0.3) is 0 Å². The van der Waals surface area contributed by atoms with Gasteiger partial charge < -0.3 is 10.4 Å². The highest BCUT2D eigenvalue weighted by molar-refractivity contribution is 5.51. The van der Waals surface area contributed by atoms with Gasteiger partial charge in [-0.3, -0.25) is 0 Å². The van der Waals surface area contributed by atoms with Crippen LogP contribution in [0, 0.1) is 5.92 Å². The Hall–Kier alpha value is -1.02. The lowest BCUT2D eigenvalue weighted by molar-refractivity contribution is 0.155. The summed E-state index contributed by atoms with van der Waals surface area (Å²) in [6.07, 6.45) is 7.10. The normalized spacial score (nSPS) is 17.9. The van der Waals surface area contributed by atoms with Crippen molar-refractivity contribution in [2.24, 2.45) is 5.92 Å². The van der Waals surface area contributed by atoms with Gasteiger partial charge in [0.05, 0.1) is 6.10 Å². The van der Waals surface area contributed by atoms with E-state index in [9.17, 15) is 5.11 Å². The average molecular weight is 247 g/mol. The standard InChI is InChI=1S/C16H25NO/c1-2-14-9-5-6-10-16(14)17-12-15(18)11-13-7-3-4-8-13/h5-6,9-10,13,15,17-18H,2-4,7-8,11-12H2,1H3. The molecule has 1 aromatic carbocycles. The van der Waals surface area contributed by atoms with Crippen molar-refractivity contribution in [1.29, 1.82) is 0 Å². The Balaban J connectivity index is 1.79. The Bertz CT molecular complexity index is 358. The SMILES string of the molecule is CCc1ccccc1NCC(O)CC1CCCC1. The zero-order valence-electron chi connectivity index (χ0n) is 11.4. The molecule has 2 nitrogen and oxygen atoms in total. The summed E-state index contributed by atoms with van der Waals surface area (Å²) in [5, 5.41) is 13.5. The molecule has 0 bridgehead atoms. The van der Waals surface area contributed by atoms with Crippen LogP contribution in [-0.2, 0) is 6.42 Å². The second-order valence-corrected chi connectivity index (χ2v) is 5.43. The Morgan fingerprint density at radius 2 is 2.00 bits per heavy atom. The third-order valence-electron chi connectivity index (χ3n) is 4.01. The molecule has 0 amide bonds. The molecular weight excluding hydrogens is 222 g/mol. The first kappa shape index (κ1) is 13.4. The summed E-state index contributed by atoms with van der Waals surface area (Å²) in [5.74, 6) is 0.753. The highest BCUT2D eigenvalue weighted by atomic mass is 16.3. The zero-order valence-corrected chi connectivity index (χ0v) is 11.4. The van der Waals surface area contributed by atoms with Gasteiger partial charge in [-0.15, -0.1) is 0 Å². The number of rotatable bonds is 6. The smallest absolute Gasteiger partial charge is 0.0715 e. The minimum atomic E-state index is -0.210. The van der Waals surface area contributed by atoms with Gasteiger partial charge >= 0.3 is 0 Å². The van der Waals surface area contributed by atoms with Crippen LogP contribution >= 0.6 is 0 Å². The average Bonchev–Trinajstić information content (AvgIpc) is 2.89. The number of hydrogen-bond donors (Lipinski definition) is 2. The summed E-state index contributed by atoms with van der Waals surface area (Å²) in [7, 11) is 0. The minimum Gasteiger partial charge on any atom is -0.391 e. The third kappa shape index (κ3) is 3.74. The summed E-state index contributed by atoms with van der Waals surface area (Å²) in [6.45, 7) is 2.84. The van der Waals surface area contributed by atoms with Crippen LogP contribution in [0.15, 0.2) is 24.3 Å². The number of aliphatic hydroxyl groups excluding tert-OH is 1. The van der Waals surface area contributed by atoms with Gasteiger partial charge in [0.2, 0.25) is 0 Å². The molecule has 2 N–H and O–H groups in total. The number of aryl methyl sites for hydroxylation is 1. The molecule has 18 heavy (non-hydrogen) atoms. The molecule has 1 aliphatic rings. The lowest BCUT2D eigenvalue weighted by atomic mass is 10.00. The molecule has 2 rings (SSSR count).